The zero-order valence-electron chi connectivity index (χ0n) is 14.8. The molecule has 0 amide bonds. The van der Waals surface area contributed by atoms with Crippen LogP contribution in [0.25, 0.3) is 0 Å². The van der Waals surface area contributed by atoms with E-state index in [1.165, 1.54) is 0 Å². The molecule has 1 aliphatic carbocycles. The van der Waals surface area contributed by atoms with Crippen LogP contribution in [0.1, 0.15) is 38.3 Å². The summed E-state index contributed by atoms with van der Waals surface area (Å²) in [6.07, 6.45) is 1.16. The van der Waals surface area contributed by atoms with Gasteiger partial charge in [-0.25, -0.2) is 13.1 Å². The average molecular weight is 353 g/mol. The van der Waals surface area contributed by atoms with Crippen LogP contribution in [0, 0.1) is 5.92 Å². The Labute approximate surface area is 145 Å². The first kappa shape index (κ1) is 18.7. The summed E-state index contributed by atoms with van der Waals surface area (Å²) >= 11 is 0. The number of hydrogen-bond acceptors (Lipinski definition) is 3. The molecular weight excluding hydrogens is 324 g/mol. The van der Waals surface area contributed by atoms with Gasteiger partial charge in [0.15, 0.2) is 5.96 Å². The van der Waals surface area contributed by atoms with E-state index in [1.807, 2.05) is 38.1 Å². The summed E-state index contributed by atoms with van der Waals surface area (Å²) in [7, 11) is -1.60. The molecule has 24 heavy (non-hydrogen) atoms. The second kappa shape index (κ2) is 7.98. The SMILES string of the molecule is CN=C(NCc1ccccc1CS(=O)(=O)NC(C)C)NC1CC1C. The lowest BCUT2D eigenvalue weighted by atomic mass is 10.1. The van der Waals surface area contributed by atoms with Gasteiger partial charge in [-0.2, -0.15) is 0 Å². The highest BCUT2D eigenvalue weighted by Gasteiger charge is 2.33. The van der Waals surface area contributed by atoms with Crippen LogP contribution in [-0.2, 0) is 22.3 Å². The summed E-state index contributed by atoms with van der Waals surface area (Å²) in [5.74, 6) is 1.42. The lowest BCUT2D eigenvalue weighted by molar-refractivity contribution is 0.568. The number of rotatable bonds is 7. The van der Waals surface area contributed by atoms with Crippen molar-refractivity contribution in [3.05, 3.63) is 35.4 Å². The van der Waals surface area contributed by atoms with Crippen LogP contribution >= 0.6 is 0 Å². The van der Waals surface area contributed by atoms with E-state index in [1.54, 1.807) is 7.05 Å². The Morgan fingerprint density at radius 3 is 2.46 bits per heavy atom. The zero-order valence-corrected chi connectivity index (χ0v) is 15.7. The van der Waals surface area contributed by atoms with Crippen LogP contribution in [-0.4, -0.2) is 33.5 Å². The number of aliphatic imine (C=N–C) groups is 1. The summed E-state index contributed by atoms with van der Waals surface area (Å²) in [5, 5.41) is 6.63. The molecule has 2 atom stereocenters. The van der Waals surface area contributed by atoms with E-state index >= 15 is 0 Å². The summed E-state index contributed by atoms with van der Waals surface area (Å²) in [6.45, 7) is 6.38. The Hall–Kier alpha value is -1.60. The van der Waals surface area contributed by atoms with Crippen LogP contribution in [0.15, 0.2) is 29.3 Å². The van der Waals surface area contributed by atoms with E-state index in [0.29, 0.717) is 18.5 Å². The van der Waals surface area contributed by atoms with Crippen molar-refractivity contribution in [2.24, 2.45) is 10.9 Å². The quantitative estimate of drug-likeness (QED) is 0.514. The van der Waals surface area contributed by atoms with Crippen molar-refractivity contribution in [1.82, 2.24) is 15.4 Å². The topological polar surface area (TPSA) is 82.6 Å². The van der Waals surface area contributed by atoms with Gasteiger partial charge >= 0.3 is 0 Å². The van der Waals surface area contributed by atoms with Gasteiger partial charge < -0.3 is 10.6 Å². The van der Waals surface area contributed by atoms with Crippen LogP contribution in [0.3, 0.4) is 0 Å². The minimum Gasteiger partial charge on any atom is -0.353 e. The van der Waals surface area contributed by atoms with Gasteiger partial charge in [0.1, 0.15) is 0 Å². The number of benzene rings is 1. The molecule has 0 bridgehead atoms. The van der Waals surface area contributed by atoms with Gasteiger partial charge in [-0.3, -0.25) is 4.99 Å². The summed E-state index contributed by atoms with van der Waals surface area (Å²) in [5.41, 5.74) is 1.76. The highest BCUT2D eigenvalue weighted by Crippen LogP contribution is 2.28. The summed E-state index contributed by atoms with van der Waals surface area (Å²) in [4.78, 5) is 4.23. The Morgan fingerprint density at radius 2 is 1.92 bits per heavy atom. The largest absolute Gasteiger partial charge is 0.353 e. The fraction of sp³-hybridized carbons (Fsp3) is 0.588. The fourth-order valence-electron chi connectivity index (χ4n) is 2.55. The molecule has 1 saturated carbocycles. The standard InChI is InChI=1S/C17H28N4O2S/c1-12(2)21-24(22,23)11-15-8-6-5-7-14(15)10-19-17(18-4)20-16-9-13(16)3/h5-8,12-13,16,21H,9-11H2,1-4H3,(H2,18,19,20). The van der Waals surface area contributed by atoms with E-state index in [-0.39, 0.29) is 11.8 Å². The van der Waals surface area contributed by atoms with Crippen LogP contribution in [0.5, 0.6) is 0 Å². The molecule has 1 aromatic rings. The third-order valence-corrected chi connectivity index (χ3v) is 5.50. The molecular formula is C17H28N4O2S. The predicted molar refractivity (Wildman–Crippen MR) is 98.2 cm³/mol. The maximum absolute atomic E-state index is 12.2. The molecule has 1 aromatic carbocycles. The second-order valence-electron chi connectivity index (χ2n) is 6.69. The first-order chi connectivity index (χ1) is 11.3. The first-order valence-electron chi connectivity index (χ1n) is 8.34. The van der Waals surface area contributed by atoms with Crippen molar-refractivity contribution >= 4 is 16.0 Å². The van der Waals surface area contributed by atoms with Crippen LogP contribution in [0.4, 0.5) is 0 Å². The summed E-state index contributed by atoms with van der Waals surface area (Å²) < 4.78 is 27.0. The molecule has 0 radical (unpaired) electrons. The molecule has 6 nitrogen and oxygen atoms in total. The molecule has 3 N–H and O–H groups in total. The van der Waals surface area contributed by atoms with Crippen molar-refractivity contribution in [2.75, 3.05) is 7.05 Å². The number of nitrogens with one attached hydrogen (secondary N) is 3. The van der Waals surface area contributed by atoms with Gasteiger partial charge in [-0.1, -0.05) is 31.2 Å². The fourth-order valence-corrected chi connectivity index (χ4v) is 4.04. The maximum Gasteiger partial charge on any atom is 0.216 e. The lowest BCUT2D eigenvalue weighted by Crippen LogP contribution is -2.38. The van der Waals surface area contributed by atoms with Crippen LogP contribution < -0.4 is 15.4 Å². The Bertz CT molecular complexity index is 686. The van der Waals surface area contributed by atoms with Gasteiger partial charge in [0.2, 0.25) is 10.0 Å². The molecule has 0 aromatic heterocycles. The van der Waals surface area contributed by atoms with E-state index in [2.05, 4.69) is 27.3 Å². The minimum absolute atomic E-state index is 0.0191. The predicted octanol–water partition coefficient (Wildman–Crippen LogP) is 1.59. The third-order valence-electron chi connectivity index (χ3n) is 3.98. The van der Waals surface area contributed by atoms with Crippen LogP contribution in [0.2, 0.25) is 0 Å². The number of guanidine groups is 1. The molecule has 0 heterocycles. The summed E-state index contributed by atoms with van der Waals surface area (Å²) in [6, 6.07) is 7.96. The Balaban J connectivity index is 2.00. The molecule has 2 unspecified atom stereocenters. The van der Waals surface area contributed by atoms with Crippen molar-refractivity contribution in [2.45, 2.75) is 51.6 Å². The second-order valence-corrected chi connectivity index (χ2v) is 8.44. The van der Waals surface area contributed by atoms with E-state index in [4.69, 9.17) is 0 Å². The van der Waals surface area contributed by atoms with Crippen molar-refractivity contribution in [1.29, 1.82) is 0 Å². The molecule has 134 valence electrons. The Kier molecular flexibility index (Phi) is 6.23. The molecule has 7 heteroatoms. The molecule has 0 spiro atoms. The number of hydrogen-bond donors (Lipinski definition) is 3. The van der Waals surface area contributed by atoms with E-state index in [0.717, 1.165) is 23.5 Å². The highest BCUT2D eigenvalue weighted by atomic mass is 32.2. The molecule has 2 rings (SSSR count). The number of nitrogens with zero attached hydrogens (tertiary/aromatic N) is 1. The lowest BCUT2D eigenvalue weighted by Gasteiger charge is -2.15. The van der Waals surface area contributed by atoms with Gasteiger partial charge in [-0.15, -0.1) is 0 Å². The van der Waals surface area contributed by atoms with Crippen molar-refractivity contribution < 1.29 is 8.42 Å². The van der Waals surface area contributed by atoms with Gasteiger partial charge in [-0.05, 0) is 37.3 Å². The minimum atomic E-state index is -3.34. The first-order valence-corrected chi connectivity index (χ1v) is 10.00. The van der Waals surface area contributed by atoms with Gasteiger partial charge in [0, 0.05) is 25.7 Å². The zero-order chi connectivity index (χ0) is 17.7. The van der Waals surface area contributed by atoms with Gasteiger partial charge in [0.25, 0.3) is 0 Å². The smallest absolute Gasteiger partial charge is 0.216 e. The Morgan fingerprint density at radius 1 is 1.29 bits per heavy atom. The van der Waals surface area contributed by atoms with Crippen molar-refractivity contribution in [3.8, 4) is 0 Å². The average Bonchev–Trinajstić information content (AvgIpc) is 3.18. The third kappa shape index (κ3) is 5.79. The van der Waals surface area contributed by atoms with Gasteiger partial charge in [0.05, 0.1) is 5.75 Å². The maximum atomic E-state index is 12.2. The molecule has 0 saturated heterocycles. The molecule has 1 aliphatic rings. The molecule has 0 aliphatic heterocycles. The van der Waals surface area contributed by atoms with E-state index in [9.17, 15) is 8.42 Å². The van der Waals surface area contributed by atoms with Crippen molar-refractivity contribution in [3.63, 3.8) is 0 Å². The van der Waals surface area contributed by atoms with E-state index < -0.39 is 10.0 Å². The molecule has 1 fully saturated rings. The number of sulfonamides is 1. The monoisotopic (exact) mass is 352 g/mol. The highest BCUT2D eigenvalue weighted by molar-refractivity contribution is 7.88. The normalized spacial score (nSPS) is 21.0.